The van der Waals surface area contributed by atoms with Crippen LogP contribution in [-0.2, 0) is 10.1 Å². The molecule has 2 fully saturated rings. The molecule has 0 amide bonds. The molecule has 1 nitrogen and oxygen atoms in total. The van der Waals surface area contributed by atoms with Crippen LogP contribution in [-0.4, -0.2) is 25.2 Å². The van der Waals surface area contributed by atoms with E-state index in [9.17, 15) is 17.6 Å². The van der Waals surface area contributed by atoms with Crippen LogP contribution in [0.2, 0.25) is 0 Å². The molecule has 1 aliphatic carbocycles. The summed E-state index contributed by atoms with van der Waals surface area (Å²) in [4.78, 5) is 0. The summed E-state index contributed by atoms with van der Waals surface area (Å²) in [6.45, 7) is 0.870. The molecule has 1 aromatic carbocycles. The first-order valence-corrected chi connectivity index (χ1v) is 12.5. The van der Waals surface area contributed by atoms with Gasteiger partial charge < -0.3 is 4.74 Å². The second-order valence-electron chi connectivity index (χ2n) is 8.14. The van der Waals surface area contributed by atoms with E-state index in [4.69, 9.17) is 16.3 Å². The van der Waals surface area contributed by atoms with Crippen LogP contribution in [0.25, 0.3) is 0 Å². The predicted molar refractivity (Wildman–Crippen MR) is 114 cm³/mol. The number of benzene rings is 1. The van der Waals surface area contributed by atoms with Crippen molar-refractivity contribution in [2.24, 2.45) is 17.8 Å². The average molecular weight is 471 g/mol. The average Bonchev–Trinajstić information content (AvgIpc) is 2.66. The Morgan fingerprint density at radius 3 is 2.00 bits per heavy atom. The van der Waals surface area contributed by atoms with E-state index in [1.165, 1.54) is 38.5 Å². The van der Waals surface area contributed by atoms with E-state index in [2.05, 4.69) is 0 Å². The highest BCUT2D eigenvalue weighted by atomic mass is 35.5. The highest BCUT2D eigenvalue weighted by Gasteiger charge is 2.36. The third-order valence-electron chi connectivity index (χ3n) is 5.94. The first kappa shape index (κ1) is 23.6. The summed E-state index contributed by atoms with van der Waals surface area (Å²) in [5.74, 6) is 1.37. The summed E-state index contributed by atoms with van der Waals surface area (Å²) >= 11 is 8.10. The van der Waals surface area contributed by atoms with Crippen LogP contribution in [0.5, 0.6) is 0 Å². The molecular weight excluding hydrogens is 444 g/mol. The Hall–Kier alpha value is -0.110. The summed E-state index contributed by atoms with van der Waals surface area (Å²) in [5, 5.41) is -4.05. The molecule has 2 aliphatic rings. The first-order chi connectivity index (χ1) is 13.8. The maximum atomic E-state index is 14.0. The van der Waals surface area contributed by atoms with Crippen molar-refractivity contribution in [2.75, 3.05) is 25.2 Å². The zero-order chi connectivity index (χ0) is 21.0. The minimum atomic E-state index is -4.05. The molecule has 0 aromatic heterocycles. The summed E-state index contributed by atoms with van der Waals surface area (Å²) in [6, 6.07) is 2.00. The number of ether oxygens (including phenoxy) is 1. The largest absolute Gasteiger partial charge is 0.384 e. The molecule has 164 valence electrons. The lowest BCUT2D eigenvalue weighted by Crippen LogP contribution is -2.20. The van der Waals surface area contributed by atoms with Gasteiger partial charge in [0.1, 0.15) is 17.2 Å². The fourth-order valence-corrected chi connectivity index (χ4v) is 7.60. The van der Waals surface area contributed by atoms with Gasteiger partial charge in [0.15, 0.2) is 0 Å². The summed E-state index contributed by atoms with van der Waals surface area (Å²) in [5.41, 5.74) is -0.971. The van der Waals surface area contributed by atoms with E-state index in [1.54, 1.807) is 30.6 Å². The molecule has 1 saturated heterocycles. The van der Waals surface area contributed by atoms with Gasteiger partial charge >= 0.3 is 5.38 Å². The number of methoxy groups -OCH3 is 1. The van der Waals surface area contributed by atoms with E-state index in [-0.39, 0.29) is 4.58 Å². The quantitative estimate of drug-likeness (QED) is 0.300. The monoisotopic (exact) mass is 470 g/mol. The Bertz CT molecular complexity index is 646. The molecule has 0 spiro atoms. The number of alkyl halides is 3. The smallest absolute Gasteiger partial charge is 0.353 e. The molecule has 29 heavy (non-hydrogen) atoms. The highest BCUT2D eigenvalue weighted by molar-refractivity contribution is 8.16. The van der Waals surface area contributed by atoms with E-state index >= 15 is 0 Å². The molecule has 0 radical (unpaired) electrons. The topological polar surface area (TPSA) is 9.23 Å². The molecule has 1 heterocycles. The van der Waals surface area contributed by atoms with Crippen LogP contribution in [0, 0.1) is 29.4 Å². The van der Waals surface area contributed by atoms with Gasteiger partial charge in [-0.05, 0) is 77.8 Å². The lowest BCUT2D eigenvalue weighted by atomic mass is 9.79. The molecule has 0 N–H and O–H groups in total. The van der Waals surface area contributed by atoms with Crippen molar-refractivity contribution in [3.63, 3.8) is 0 Å². The highest BCUT2D eigenvalue weighted by Crippen LogP contribution is 2.48. The molecule has 0 atom stereocenters. The second-order valence-corrected chi connectivity index (χ2v) is 11.2. The Morgan fingerprint density at radius 1 is 0.966 bits per heavy atom. The number of hydrogen-bond acceptors (Lipinski definition) is 3. The third-order valence-corrected chi connectivity index (χ3v) is 9.42. The SMILES string of the molecule is COCC1CCC(CCC2CSC(c3cc(F)c(C(F)(F)Cl)c(F)c3)SC2)CC1. The van der Waals surface area contributed by atoms with Crippen molar-refractivity contribution < 1.29 is 22.3 Å². The standard InChI is InChI=1S/C21H27ClF4OS2/c1-27-10-14-5-2-13(3-6-14)4-7-15-11-28-20(29-12-15)16-8-17(23)19(18(24)9-16)21(22,25)26/h8-9,13-15,20H,2-7,10-12H2,1H3. The number of halogens is 5. The Balaban J connectivity index is 1.46. The van der Waals surface area contributed by atoms with E-state index in [0.717, 1.165) is 36.2 Å². The molecule has 1 aliphatic heterocycles. The van der Waals surface area contributed by atoms with Crippen LogP contribution in [0.15, 0.2) is 12.1 Å². The van der Waals surface area contributed by atoms with Gasteiger partial charge in [-0.25, -0.2) is 8.78 Å². The maximum Gasteiger partial charge on any atom is 0.353 e. The molecule has 3 rings (SSSR count). The number of hydrogen-bond donors (Lipinski definition) is 0. The fraction of sp³-hybridized carbons (Fsp3) is 0.714. The molecular formula is C21H27ClF4OS2. The molecule has 0 unspecified atom stereocenters. The second kappa shape index (κ2) is 10.5. The van der Waals surface area contributed by atoms with E-state index in [1.807, 2.05) is 0 Å². The molecule has 1 aromatic rings. The van der Waals surface area contributed by atoms with Gasteiger partial charge in [0.25, 0.3) is 0 Å². The van der Waals surface area contributed by atoms with Crippen molar-refractivity contribution >= 4 is 35.1 Å². The van der Waals surface area contributed by atoms with Crippen molar-refractivity contribution in [1.82, 2.24) is 0 Å². The van der Waals surface area contributed by atoms with Crippen LogP contribution >= 0.6 is 35.1 Å². The van der Waals surface area contributed by atoms with E-state index in [0.29, 0.717) is 17.4 Å². The van der Waals surface area contributed by atoms with Gasteiger partial charge in [-0.1, -0.05) is 19.3 Å². The first-order valence-electron chi connectivity index (χ1n) is 10.1. The predicted octanol–water partition coefficient (Wildman–Crippen LogP) is 7.58. The third kappa shape index (κ3) is 6.44. The maximum absolute atomic E-state index is 14.0. The summed E-state index contributed by atoms with van der Waals surface area (Å²) in [6.07, 6.45) is 7.47. The lowest BCUT2D eigenvalue weighted by molar-refractivity contribution is 0.0858. The van der Waals surface area contributed by atoms with Crippen molar-refractivity contribution in [3.8, 4) is 0 Å². The van der Waals surface area contributed by atoms with Crippen molar-refractivity contribution in [3.05, 3.63) is 34.9 Å². The fourth-order valence-electron chi connectivity index (χ4n) is 4.30. The van der Waals surface area contributed by atoms with Gasteiger partial charge in [0.05, 0.1) is 4.58 Å². The summed E-state index contributed by atoms with van der Waals surface area (Å²) < 4.78 is 59.5. The zero-order valence-corrected chi connectivity index (χ0v) is 18.8. The molecule has 0 bridgehead atoms. The Kier molecular flexibility index (Phi) is 8.50. The van der Waals surface area contributed by atoms with Crippen molar-refractivity contribution in [1.29, 1.82) is 0 Å². The van der Waals surface area contributed by atoms with Gasteiger partial charge in [-0.15, -0.1) is 23.5 Å². The lowest BCUT2D eigenvalue weighted by Gasteiger charge is -2.31. The number of thioether (sulfide) groups is 2. The van der Waals surface area contributed by atoms with Gasteiger partial charge in [-0.3, -0.25) is 0 Å². The summed E-state index contributed by atoms with van der Waals surface area (Å²) in [7, 11) is 1.77. The number of rotatable bonds is 7. The van der Waals surface area contributed by atoms with E-state index < -0.39 is 22.6 Å². The van der Waals surface area contributed by atoms with Gasteiger partial charge in [-0.2, -0.15) is 8.78 Å². The van der Waals surface area contributed by atoms with Gasteiger partial charge in [0, 0.05) is 13.7 Å². The van der Waals surface area contributed by atoms with Crippen LogP contribution < -0.4 is 0 Å². The van der Waals surface area contributed by atoms with Crippen molar-refractivity contribution in [2.45, 2.75) is 48.5 Å². The Morgan fingerprint density at radius 2 is 1.48 bits per heavy atom. The Labute approximate surface area is 183 Å². The zero-order valence-electron chi connectivity index (χ0n) is 16.4. The van der Waals surface area contributed by atoms with Crippen LogP contribution in [0.4, 0.5) is 17.6 Å². The normalized spacial score (nSPS) is 28.5. The van der Waals surface area contributed by atoms with Crippen LogP contribution in [0.3, 0.4) is 0 Å². The minimum Gasteiger partial charge on any atom is -0.384 e. The molecule has 1 saturated carbocycles. The molecule has 8 heteroatoms. The minimum absolute atomic E-state index is 0.141. The van der Waals surface area contributed by atoms with Crippen LogP contribution in [0.1, 0.15) is 54.2 Å². The van der Waals surface area contributed by atoms with Gasteiger partial charge in [0.2, 0.25) is 0 Å².